The second-order valence-electron chi connectivity index (χ2n) is 3.70. The van der Waals surface area contributed by atoms with Gasteiger partial charge in [0.15, 0.2) is 0 Å². The number of H-pyrrole nitrogens is 1. The Morgan fingerprint density at radius 3 is 2.89 bits per heavy atom. The van der Waals surface area contributed by atoms with E-state index in [1.165, 1.54) is 0 Å². The highest BCUT2D eigenvalue weighted by atomic mass is 16.1. The lowest BCUT2D eigenvalue weighted by molar-refractivity contribution is -0.115. The predicted octanol–water partition coefficient (Wildman–Crippen LogP) is 1.12. The molecule has 1 aromatic carbocycles. The zero-order valence-corrected chi connectivity index (χ0v) is 9.81. The number of carbonyl (C=O) groups is 1. The molecule has 90 valence electrons. The number of imidazole rings is 1. The van der Waals surface area contributed by atoms with Gasteiger partial charge in [-0.05, 0) is 12.1 Å². The van der Waals surface area contributed by atoms with Crippen molar-refractivity contribution in [2.75, 3.05) is 6.54 Å². The Kier molecular flexibility index (Phi) is 4.15. The third-order valence-electron chi connectivity index (χ3n) is 2.33. The van der Waals surface area contributed by atoms with Crippen molar-refractivity contribution in [1.82, 2.24) is 15.3 Å². The van der Waals surface area contributed by atoms with Gasteiger partial charge in [0.2, 0.25) is 0 Å². The van der Waals surface area contributed by atoms with Gasteiger partial charge in [-0.25, -0.2) is 4.98 Å². The first kappa shape index (κ1) is 11.9. The van der Waals surface area contributed by atoms with E-state index in [4.69, 9.17) is 0 Å². The van der Waals surface area contributed by atoms with Crippen molar-refractivity contribution in [2.24, 2.45) is 0 Å². The van der Waals surface area contributed by atoms with E-state index in [1.807, 2.05) is 30.3 Å². The molecule has 1 heterocycles. The number of hydrogen-bond acceptors (Lipinski definition) is 2. The summed E-state index contributed by atoms with van der Waals surface area (Å²) in [7, 11) is 0. The van der Waals surface area contributed by atoms with Crippen molar-refractivity contribution in [3.8, 4) is 11.8 Å². The van der Waals surface area contributed by atoms with Crippen molar-refractivity contribution >= 4 is 5.91 Å². The second kappa shape index (κ2) is 6.26. The van der Waals surface area contributed by atoms with Crippen LogP contribution in [0.15, 0.2) is 42.9 Å². The molecule has 1 amide bonds. The second-order valence-corrected chi connectivity index (χ2v) is 3.70. The summed E-state index contributed by atoms with van der Waals surface area (Å²) in [6.45, 7) is 0.546. The minimum Gasteiger partial charge on any atom is -0.348 e. The van der Waals surface area contributed by atoms with Crippen LogP contribution in [-0.2, 0) is 11.2 Å². The molecule has 0 aliphatic carbocycles. The molecular weight excluding hydrogens is 226 g/mol. The molecule has 0 fully saturated rings. The molecule has 0 unspecified atom stereocenters. The average Bonchev–Trinajstić information content (AvgIpc) is 2.91. The van der Waals surface area contributed by atoms with Gasteiger partial charge in [-0.2, -0.15) is 0 Å². The lowest BCUT2D eigenvalue weighted by Gasteiger charge is -1.98. The molecule has 2 rings (SSSR count). The molecule has 2 N–H and O–H groups in total. The third kappa shape index (κ3) is 3.80. The first-order valence-electron chi connectivity index (χ1n) is 5.67. The number of benzene rings is 1. The smallest absolute Gasteiger partial charge is 0.296 e. The van der Waals surface area contributed by atoms with E-state index in [0.717, 1.165) is 17.7 Å². The fraction of sp³-hybridized carbons (Fsp3) is 0.143. The van der Waals surface area contributed by atoms with Crippen LogP contribution in [0, 0.1) is 11.8 Å². The normalized spacial score (nSPS) is 9.33. The van der Waals surface area contributed by atoms with Gasteiger partial charge >= 0.3 is 0 Å². The van der Waals surface area contributed by atoms with Gasteiger partial charge in [0.25, 0.3) is 5.91 Å². The number of amides is 1. The highest BCUT2D eigenvalue weighted by Crippen LogP contribution is 1.94. The third-order valence-corrected chi connectivity index (χ3v) is 2.33. The quantitative estimate of drug-likeness (QED) is 0.789. The summed E-state index contributed by atoms with van der Waals surface area (Å²) >= 11 is 0. The minimum atomic E-state index is -0.265. The summed E-state index contributed by atoms with van der Waals surface area (Å²) in [5, 5.41) is 2.73. The minimum absolute atomic E-state index is 0.265. The number of nitrogens with zero attached hydrogens (tertiary/aromatic N) is 1. The molecule has 1 aromatic heterocycles. The zero-order valence-electron chi connectivity index (χ0n) is 9.81. The number of hydrogen-bond donors (Lipinski definition) is 2. The summed E-state index contributed by atoms with van der Waals surface area (Å²) in [5.41, 5.74) is 1.83. The van der Waals surface area contributed by atoms with Gasteiger partial charge in [-0.3, -0.25) is 4.79 Å². The van der Waals surface area contributed by atoms with E-state index in [1.54, 1.807) is 12.5 Å². The van der Waals surface area contributed by atoms with Crippen molar-refractivity contribution in [3.05, 3.63) is 54.1 Å². The van der Waals surface area contributed by atoms with Gasteiger partial charge in [0.05, 0.1) is 6.33 Å². The SMILES string of the molecule is O=C(C#Cc1ccccc1)NCCc1cnc[nH]1. The van der Waals surface area contributed by atoms with Crippen LogP contribution in [-0.4, -0.2) is 22.4 Å². The van der Waals surface area contributed by atoms with Gasteiger partial charge in [-0.1, -0.05) is 24.1 Å². The summed E-state index contributed by atoms with van der Waals surface area (Å²) in [5.74, 6) is 5.09. The molecule has 0 aliphatic heterocycles. The van der Waals surface area contributed by atoms with E-state index in [9.17, 15) is 4.79 Å². The maximum atomic E-state index is 11.4. The van der Waals surface area contributed by atoms with Crippen molar-refractivity contribution in [3.63, 3.8) is 0 Å². The molecule has 0 saturated carbocycles. The molecule has 0 saturated heterocycles. The van der Waals surface area contributed by atoms with Crippen LogP contribution in [0.2, 0.25) is 0 Å². The van der Waals surface area contributed by atoms with Crippen molar-refractivity contribution < 1.29 is 4.79 Å². The molecule has 0 aliphatic rings. The van der Waals surface area contributed by atoms with E-state index >= 15 is 0 Å². The molecule has 18 heavy (non-hydrogen) atoms. The number of rotatable bonds is 3. The van der Waals surface area contributed by atoms with Crippen LogP contribution in [0.5, 0.6) is 0 Å². The first-order valence-corrected chi connectivity index (χ1v) is 5.67. The summed E-state index contributed by atoms with van der Waals surface area (Å²) in [6, 6.07) is 9.42. The highest BCUT2D eigenvalue weighted by Gasteiger charge is 1.96. The average molecular weight is 239 g/mol. The Bertz CT molecular complexity index is 550. The van der Waals surface area contributed by atoms with Gasteiger partial charge < -0.3 is 10.3 Å². The molecule has 0 radical (unpaired) electrons. The Morgan fingerprint density at radius 2 is 2.17 bits per heavy atom. The number of aromatic amines is 1. The number of aromatic nitrogens is 2. The zero-order chi connectivity index (χ0) is 12.6. The molecule has 4 nitrogen and oxygen atoms in total. The molecule has 0 bridgehead atoms. The van der Waals surface area contributed by atoms with Crippen molar-refractivity contribution in [1.29, 1.82) is 0 Å². The van der Waals surface area contributed by atoms with Gasteiger partial charge in [-0.15, -0.1) is 0 Å². The predicted molar refractivity (Wildman–Crippen MR) is 68.6 cm³/mol. The summed E-state index contributed by atoms with van der Waals surface area (Å²) < 4.78 is 0. The topological polar surface area (TPSA) is 57.8 Å². The van der Waals surface area contributed by atoms with E-state index in [-0.39, 0.29) is 5.91 Å². The lowest BCUT2D eigenvalue weighted by Crippen LogP contribution is -2.24. The van der Waals surface area contributed by atoms with Crippen LogP contribution >= 0.6 is 0 Å². The van der Waals surface area contributed by atoms with E-state index in [2.05, 4.69) is 27.1 Å². The molecular formula is C14H13N3O. The molecule has 2 aromatic rings. The van der Waals surface area contributed by atoms with Gasteiger partial charge in [0, 0.05) is 36.3 Å². The fourth-order valence-corrected chi connectivity index (χ4v) is 1.43. The van der Waals surface area contributed by atoms with E-state index in [0.29, 0.717) is 6.54 Å². The van der Waals surface area contributed by atoms with Gasteiger partial charge in [0.1, 0.15) is 0 Å². The molecule has 4 heteroatoms. The maximum absolute atomic E-state index is 11.4. The Morgan fingerprint density at radius 1 is 1.33 bits per heavy atom. The standard InChI is InChI=1S/C14H13N3O/c18-14(7-6-12-4-2-1-3-5-12)16-9-8-13-10-15-11-17-13/h1-5,10-11H,8-9H2,(H,15,17)(H,16,18). The van der Waals surface area contributed by atoms with E-state index < -0.39 is 0 Å². The number of carbonyl (C=O) groups excluding carboxylic acids is 1. The summed E-state index contributed by atoms with van der Waals surface area (Å²) in [6.07, 6.45) is 4.08. The van der Waals surface area contributed by atoms with Crippen LogP contribution < -0.4 is 5.32 Å². The lowest BCUT2D eigenvalue weighted by atomic mass is 10.2. The fourth-order valence-electron chi connectivity index (χ4n) is 1.43. The van der Waals surface area contributed by atoms with Crippen molar-refractivity contribution in [2.45, 2.75) is 6.42 Å². The number of nitrogens with one attached hydrogen (secondary N) is 2. The summed E-state index contributed by atoms with van der Waals surface area (Å²) in [4.78, 5) is 18.3. The van der Waals surface area contributed by atoms with Crippen LogP contribution in [0.25, 0.3) is 0 Å². The Balaban J connectivity index is 1.77. The molecule has 0 spiro atoms. The van der Waals surface area contributed by atoms with Crippen LogP contribution in [0.3, 0.4) is 0 Å². The highest BCUT2D eigenvalue weighted by molar-refractivity contribution is 5.94. The Labute approximate surface area is 105 Å². The van der Waals surface area contributed by atoms with Crippen LogP contribution in [0.4, 0.5) is 0 Å². The monoisotopic (exact) mass is 239 g/mol. The largest absolute Gasteiger partial charge is 0.348 e. The molecule has 0 atom stereocenters. The Hall–Kier alpha value is -2.54. The van der Waals surface area contributed by atoms with Crippen LogP contribution in [0.1, 0.15) is 11.3 Å². The maximum Gasteiger partial charge on any atom is 0.296 e. The first-order chi connectivity index (χ1) is 8.84.